The van der Waals surface area contributed by atoms with E-state index in [0.717, 1.165) is 23.3 Å². The van der Waals surface area contributed by atoms with E-state index < -0.39 is 0 Å². The van der Waals surface area contributed by atoms with Crippen LogP contribution in [-0.2, 0) is 0 Å². The molecule has 0 fully saturated rings. The average molecular weight is 192 g/mol. The van der Waals surface area contributed by atoms with Crippen molar-refractivity contribution < 1.29 is 0 Å². The van der Waals surface area contributed by atoms with E-state index in [9.17, 15) is 0 Å². The van der Waals surface area contributed by atoms with E-state index in [1.807, 2.05) is 19.9 Å². The molecule has 0 aromatic carbocycles. The van der Waals surface area contributed by atoms with Gasteiger partial charge < -0.3 is 5.73 Å². The Kier molecular flexibility index (Phi) is 5.61. The average Bonchev–Trinajstić information content (AvgIpc) is 2.11. The zero-order valence-electron chi connectivity index (χ0n) is 9.59. The maximum Gasteiger partial charge on any atom is 0.0960 e. The Labute approximate surface area is 86.9 Å². The first-order chi connectivity index (χ1) is 6.49. The van der Waals surface area contributed by atoms with Crippen LogP contribution in [0.5, 0.6) is 0 Å². The molecule has 0 atom stereocenters. The van der Waals surface area contributed by atoms with Gasteiger partial charge in [-0.05, 0) is 38.3 Å². The first kappa shape index (κ1) is 12.7. The molecule has 78 valence electrons. The first-order valence-electron chi connectivity index (χ1n) is 4.83. The van der Waals surface area contributed by atoms with Crippen molar-refractivity contribution in [1.82, 2.24) is 0 Å². The molecule has 14 heavy (non-hydrogen) atoms. The van der Waals surface area contributed by atoms with Crippen LogP contribution >= 0.6 is 0 Å². The fourth-order valence-electron chi connectivity index (χ4n) is 0.966. The minimum atomic E-state index is 0.578. The molecule has 0 heterocycles. The SMILES string of the molecule is C=C(C=CCC)/C(C)=C(C)\N=C(/C)N. The van der Waals surface area contributed by atoms with Crippen molar-refractivity contribution in [2.75, 3.05) is 0 Å². The van der Waals surface area contributed by atoms with Crippen molar-refractivity contribution in [2.24, 2.45) is 10.7 Å². The molecule has 2 heteroatoms. The summed E-state index contributed by atoms with van der Waals surface area (Å²) in [6.07, 6.45) is 5.11. The van der Waals surface area contributed by atoms with E-state index in [0.29, 0.717) is 5.84 Å². The minimum absolute atomic E-state index is 0.578. The standard InChI is InChI=1S/C12H20N2/c1-6-7-8-9(2)10(3)11(4)14-12(5)13/h7-8H,2,6H2,1,3-5H3,(H2,13,14)/b8-7?,11-10-. The number of allylic oxidation sites excluding steroid dienone is 5. The van der Waals surface area contributed by atoms with E-state index >= 15 is 0 Å². The van der Waals surface area contributed by atoms with E-state index in [1.165, 1.54) is 0 Å². The number of nitrogens with two attached hydrogens (primary N) is 1. The molecule has 0 unspecified atom stereocenters. The highest BCUT2D eigenvalue weighted by Crippen LogP contribution is 2.14. The smallest absolute Gasteiger partial charge is 0.0960 e. The highest BCUT2D eigenvalue weighted by atomic mass is 14.8. The molecular weight excluding hydrogens is 172 g/mol. The molecule has 0 aliphatic heterocycles. The van der Waals surface area contributed by atoms with Crippen molar-refractivity contribution in [2.45, 2.75) is 34.1 Å². The van der Waals surface area contributed by atoms with Crippen molar-refractivity contribution in [3.8, 4) is 0 Å². The second kappa shape index (κ2) is 6.19. The Morgan fingerprint density at radius 3 is 2.36 bits per heavy atom. The Hall–Kier alpha value is -1.31. The maximum atomic E-state index is 5.50. The summed E-state index contributed by atoms with van der Waals surface area (Å²) in [5, 5.41) is 0. The molecular formula is C12H20N2. The molecule has 0 amide bonds. The quantitative estimate of drug-likeness (QED) is 0.414. The largest absolute Gasteiger partial charge is 0.387 e. The van der Waals surface area contributed by atoms with Crippen molar-refractivity contribution in [3.63, 3.8) is 0 Å². The lowest BCUT2D eigenvalue weighted by molar-refractivity contribution is 1.18. The van der Waals surface area contributed by atoms with Crippen LogP contribution in [0, 0.1) is 0 Å². The molecule has 0 aliphatic rings. The Morgan fingerprint density at radius 2 is 1.93 bits per heavy atom. The van der Waals surface area contributed by atoms with Crippen LogP contribution in [0.25, 0.3) is 0 Å². The molecule has 2 nitrogen and oxygen atoms in total. The topological polar surface area (TPSA) is 38.4 Å². The summed E-state index contributed by atoms with van der Waals surface area (Å²) in [7, 11) is 0. The van der Waals surface area contributed by atoms with E-state index in [1.54, 1.807) is 6.92 Å². The third kappa shape index (κ3) is 4.65. The summed E-state index contributed by atoms with van der Waals surface area (Å²) in [6.45, 7) is 11.8. The van der Waals surface area contributed by atoms with Gasteiger partial charge in [0.25, 0.3) is 0 Å². The van der Waals surface area contributed by atoms with Gasteiger partial charge in [0, 0.05) is 5.70 Å². The summed E-state index contributed by atoms with van der Waals surface area (Å²) in [4.78, 5) is 4.19. The molecule has 0 saturated carbocycles. The molecule has 0 bridgehead atoms. The summed E-state index contributed by atoms with van der Waals surface area (Å²) >= 11 is 0. The minimum Gasteiger partial charge on any atom is -0.387 e. The van der Waals surface area contributed by atoms with Gasteiger partial charge in [0.15, 0.2) is 0 Å². The zero-order chi connectivity index (χ0) is 11.1. The predicted octanol–water partition coefficient (Wildman–Crippen LogP) is 3.18. The van der Waals surface area contributed by atoms with Crippen LogP contribution in [0.2, 0.25) is 0 Å². The lowest BCUT2D eigenvalue weighted by atomic mass is 10.1. The van der Waals surface area contributed by atoms with E-state index in [-0.39, 0.29) is 0 Å². The Bertz CT molecular complexity index is 289. The maximum absolute atomic E-state index is 5.50. The van der Waals surface area contributed by atoms with Crippen molar-refractivity contribution in [3.05, 3.63) is 35.6 Å². The number of aliphatic imine (C=N–C) groups is 1. The Balaban J connectivity index is 4.74. The first-order valence-corrected chi connectivity index (χ1v) is 4.83. The second-order valence-electron chi connectivity index (χ2n) is 3.30. The summed E-state index contributed by atoms with van der Waals surface area (Å²) < 4.78 is 0. The van der Waals surface area contributed by atoms with Crippen LogP contribution in [0.4, 0.5) is 0 Å². The van der Waals surface area contributed by atoms with Crippen LogP contribution in [-0.4, -0.2) is 5.84 Å². The lowest BCUT2D eigenvalue weighted by Crippen LogP contribution is -2.05. The van der Waals surface area contributed by atoms with Gasteiger partial charge in [0.05, 0.1) is 5.84 Å². The fraction of sp³-hybridized carbons (Fsp3) is 0.417. The normalized spacial score (nSPS) is 14.4. The van der Waals surface area contributed by atoms with E-state index in [2.05, 4.69) is 24.6 Å². The number of nitrogens with zero attached hydrogens (tertiary/aromatic N) is 1. The van der Waals surface area contributed by atoms with Crippen LogP contribution in [0.3, 0.4) is 0 Å². The van der Waals surface area contributed by atoms with Crippen LogP contribution < -0.4 is 5.73 Å². The van der Waals surface area contributed by atoms with Gasteiger partial charge in [0.1, 0.15) is 0 Å². The zero-order valence-corrected chi connectivity index (χ0v) is 9.59. The van der Waals surface area contributed by atoms with Gasteiger partial charge in [-0.3, -0.25) is 0 Å². The lowest BCUT2D eigenvalue weighted by Gasteiger charge is -2.03. The molecule has 0 aromatic rings. The van der Waals surface area contributed by atoms with Gasteiger partial charge in [-0.25, -0.2) is 4.99 Å². The van der Waals surface area contributed by atoms with Crippen LogP contribution in [0.15, 0.2) is 40.6 Å². The number of hydrogen-bond donors (Lipinski definition) is 1. The molecule has 0 saturated heterocycles. The monoisotopic (exact) mass is 192 g/mol. The van der Waals surface area contributed by atoms with Gasteiger partial charge in [-0.15, -0.1) is 0 Å². The molecule has 0 spiro atoms. The van der Waals surface area contributed by atoms with E-state index in [4.69, 9.17) is 5.73 Å². The molecule has 2 N–H and O–H groups in total. The summed E-state index contributed by atoms with van der Waals surface area (Å²) in [6, 6.07) is 0. The highest BCUT2D eigenvalue weighted by Gasteiger charge is 1.97. The number of hydrogen-bond acceptors (Lipinski definition) is 1. The van der Waals surface area contributed by atoms with Gasteiger partial charge >= 0.3 is 0 Å². The molecule has 0 aromatic heterocycles. The highest BCUT2D eigenvalue weighted by molar-refractivity contribution is 5.78. The third-order valence-corrected chi connectivity index (χ3v) is 1.92. The second-order valence-corrected chi connectivity index (χ2v) is 3.30. The summed E-state index contributed by atoms with van der Waals surface area (Å²) in [5.41, 5.74) is 8.50. The third-order valence-electron chi connectivity index (χ3n) is 1.92. The van der Waals surface area contributed by atoms with Crippen LogP contribution in [0.1, 0.15) is 34.1 Å². The van der Waals surface area contributed by atoms with Crippen molar-refractivity contribution >= 4 is 5.84 Å². The van der Waals surface area contributed by atoms with Crippen molar-refractivity contribution in [1.29, 1.82) is 0 Å². The number of rotatable bonds is 4. The predicted molar refractivity (Wildman–Crippen MR) is 64.2 cm³/mol. The molecule has 0 aliphatic carbocycles. The molecule has 0 rings (SSSR count). The van der Waals surface area contributed by atoms with Gasteiger partial charge in [-0.2, -0.15) is 0 Å². The summed E-state index contributed by atoms with van der Waals surface area (Å²) in [5.74, 6) is 0.578. The Morgan fingerprint density at radius 1 is 1.36 bits per heavy atom. The molecule has 0 radical (unpaired) electrons. The number of amidine groups is 1. The van der Waals surface area contributed by atoms with Gasteiger partial charge in [0.2, 0.25) is 0 Å². The van der Waals surface area contributed by atoms with Gasteiger partial charge in [-0.1, -0.05) is 25.7 Å². The fourth-order valence-corrected chi connectivity index (χ4v) is 0.966.